The summed E-state index contributed by atoms with van der Waals surface area (Å²) in [6, 6.07) is 3.49. The molecule has 1 atom stereocenters. The van der Waals surface area contributed by atoms with Gasteiger partial charge in [-0.25, -0.2) is 4.68 Å². The number of thioether (sulfide) groups is 1. The second-order valence-corrected chi connectivity index (χ2v) is 6.96. The second-order valence-electron chi connectivity index (χ2n) is 5.65. The first-order valence-corrected chi connectivity index (χ1v) is 7.39. The van der Waals surface area contributed by atoms with E-state index >= 15 is 0 Å². The minimum Gasteiger partial charge on any atom is -0.461 e. The van der Waals surface area contributed by atoms with Gasteiger partial charge in [-0.05, 0) is 39.8 Å². The Labute approximate surface area is 127 Å². The zero-order valence-electron chi connectivity index (χ0n) is 12.5. The molecule has 2 aromatic rings. The molecular formula is C13H19N5O2S. The summed E-state index contributed by atoms with van der Waals surface area (Å²) in [5, 5.41) is 11.0. The normalized spacial score (nSPS) is 13.1. The summed E-state index contributed by atoms with van der Waals surface area (Å²) in [5.74, 6) is 6.83. The van der Waals surface area contributed by atoms with Crippen molar-refractivity contribution in [2.24, 2.45) is 0 Å². The third kappa shape index (κ3) is 3.78. The van der Waals surface area contributed by atoms with E-state index in [1.54, 1.807) is 19.1 Å². The van der Waals surface area contributed by atoms with Gasteiger partial charge in [0, 0.05) is 5.54 Å². The molecule has 7 nitrogen and oxygen atoms in total. The number of nitrogens with one attached hydrogen (secondary N) is 1. The molecule has 0 radical (unpaired) electrons. The highest BCUT2D eigenvalue weighted by Gasteiger charge is 2.23. The molecule has 21 heavy (non-hydrogen) atoms. The number of nitrogens with two attached hydrogens (primary N) is 1. The minimum atomic E-state index is -0.333. The maximum absolute atomic E-state index is 12.1. The molecule has 0 aliphatic carbocycles. The molecule has 114 valence electrons. The van der Waals surface area contributed by atoms with Gasteiger partial charge in [-0.1, -0.05) is 11.8 Å². The van der Waals surface area contributed by atoms with Crippen LogP contribution in [0, 0.1) is 0 Å². The first kappa shape index (κ1) is 15.4. The Kier molecular flexibility index (Phi) is 4.26. The molecule has 2 heterocycles. The Hall–Kier alpha value is -1.96. The summed E-state index contributed by atoms with van der Waals surface area (Å²) in [7, 11) is 0. The van der Waals surface area contributed by atoms with E-state index < -0.39 is 0 Å². The molecule has 0 fully saturated rings. The standard InChI is InChI=1S/C13H19N5O2S/c1-8(11(19)15-13(2,3)4)21-12-17-16-10(18(12)14)9-6-5-7-20-9/h5-8H,14H2,1-4H3,(H,15,19)/t8-/m0/s1. The number of nitrogens with zero attached hydrogens (tertiary/aromatic N) is 3. The van der Waals surface area contributed by atoms with Crippen molar-refractivity contribution in [1.82, 2.24) is 20.2 Å². The third-order valence-electron chi connectivity index (χ3n) is 2.56. The van der Waals surface area contributed by atoms with Crippen molar-refractivity contribution in [2.45, 2.75) is 43.6 Å². The van der Waals surface area contributed by atoms with Crippen LogP contribution in [0.5, 0.6) is 0 Å². The van der Waals surface area contributed by atoms with Gasteiger partial charge in [0.1, 0.15) is 0 Å². The fraction of sp³-hybridized carbons (Fsp3) is 0.462. The predicted octanol–water partition coefficient (Wildman–Crippen LogP) is 1.65. The smallest absolute Gasteiger partial charge is 0.233 e. The summed E-state index contributed by atoms with van der Waals surface area (Å²) in [6.45, 7) is 7.60. The van der Waals surface area contributed by atoms with E-state index in [1.807, 2.05) is 20.8 Å². The quantitative estimate of drug-likeness (QED) is 0.658. The minimum absolute atomic E-state index is 0.0740. The van der Waals surface area contributed by atoms with Crippen LogP contribution in [0.3, 0.4) is 0 Å². The molecule has 3 N–H and O–H groups in total. The summed E-state index contributed by atoms with van der Waals surface area (Å²) in [6.07, 6.45) is 1.54. The van der Waals surface area contributed by atoms with Crippen LogP contribution < -0.4 is 11.2 Å². The van der Waals surface area contributed by atoms with Crippen LogP contribution in [0.1, 0.15) is 27.7 Å². The van der Waals surface area contributed by atoms with Gasteiger partial charge >= 0.3 is 0 Å². The maximum atomic E-state index is 12.1. The summed E-state index contributed by atoms with van der Waals surface area (Å²) in [5.41, 5.74) is -0.276. The first-order chi connectivity index (χ1) is 9.78. The van der Waals surface area contributed by atoms with Crippen LogP contribution in [0.2, 0.25) is 0 Å². The van der Waals surface area contributed by atoms with Crippen molar-refractivity contribution in [3.8, 4) is 11.6 Å². The number of furan rings is 1. The molecule has 0 bridgehead atoms. The van der Waals surface area contributed by atoms with Crippen molar-refractivity contribution >= 4 is 17.7 Å². The molecule has 0 aromatic carbocycles. The fourth-order valence-corrected chi connectivity index (χ4v) is 2.38. The number of nitrogen functional groups attached to an aromatic ring is 1. The number of amides is 1. The van der Waals surface area contributed by atoms with Crippen molar-refractivity contribution in [3.63, 3.8) is 0 Å². The lowest BCUT2D eigenvalue weighted by Crippen LogP contribution is -2.44. The molecule has 2 aromatic heterocycles. The second kappa shape index (κ2) is 5.80. The number of hydrogen-bond donors (Lipinski definition) is 2. The molecule has 2 rings (SSSR count). The lowest BCUT2D eigenvalue weighted by atomic mass is 10.1. The highest BCUT2D eigenvalue weighted by atomic mass is 32.2. The third-order valence-corrected chi connectivity index (χ3v) is 3.61. The van der Waals surface area contributed by atoms with E-state index in [1.165, 1.54) is 22.7 Å². The Morgan fingerprint density at radius 3 is 2.76 bits per heavy atom. The van der Waals surface area contributed by atoms with Gasteiger partial charge in [0.15, 0.2) is 5.76 Å². The molecule has 0 unspecified atom stereocenters. The van der Waals surface area contributed by atoms with E-state index in [4.69, 9.17) is 10.3 Å². The molecule has 0 aliphatic heterocycles. The van der Waals surface area contributed by atoms with E-state index in [9.17, 15) is 4.79 Å². The molecule has 0 saturated heterocycles. The van der Waals surface area contributed by atoms with Gasteiger partial charge in [-0.15, -0.1) is 10.2 Å². The molecule has 0 saturated carbocycles. The maximum Gasteiger partial charge on any atom is 0.233 e. The summed E-state index contributed by atoms with van der Waals surface area (Å²) in [4.78, 5) is 12.1. The summed E-state index contributed by atoms with van der Waals surface area (Å²) < 4.78 is 6.56. The van der Waals surface area contributed by atoms with Gasteiger partial charge in [-0.3, -0.25) is 4.79 Å². The molecule has 1 amide bonds. The van der Waals surface area contributed by atoms with Crippen molar-refractivity contribution in [2.75, 3.05) is 5.84 Å². The fourth-order valence-electron chi connectivity index (χ4n) is 1.61. The first-order valence-electron chi connectivity index (χ1n) is 6.51. The van der Waals surface area contributed by atoms with Gasteiger partial charge in [0.05, 0.1) is 11.5 Å². The molecule has 0 spiro atoms. The Balaban J connectivity index is 2.09. The van der Waals surface area contributed by atoms with Crippen molar-refractivity contribution < 1.29 is 9.21 Å². The van der Waals surface area contributed by atoms with E-state index in [2.05, 4.69) is 15.5 Å². The van der Waals surface area contributed by atoms with Crippen LogP contribution in [0.25, 0.3) is 11.6 Å². The lowest BCUT2D eigenvalue weighted by Gasteiger charge is -2.22. The Bertz CT molecular complexity index is 615. The SMILES string of the molecule is C[C@H](Sc1nnc(-c2ccco2)n1N)C(=O)NC(C)(C)C. The van der Waals surface area contributed by atoms with Crippen LogP contribution in [-0.4, -0.2) is 31.6 Å². The van der Waals surface area contributed by atoms with Gasteiger partial charge < -0.3 is 15.6 Å². The number of rotatable bonds is 4. The van der Waals surface area contributed by atoms with E-state index in [0.717, 1.165) is 0 Å². The largest absolute Gasteiger partial charge is 0.461 e. The Morgan fingerprint density at radius 2 is 2.19 bits per heavy atom. The molecule has 0 aliphatic rings. The zero-order chi connectivity index (χ0) is 15.6. The monoisotopic (exact) mass is 309 g/mol. The number of carbonyl (C=O) groups is 1. The Morgan fingerprint density at radius 1 is 1.48 bits per heavy atom. The van der Waals surface area contributed by atoms with E-state index in [0.29, 0.717) is 16.7 Å². The van der Waals surface area contributed by atoms with Gasteiger partial charge in [-0.2, -0.15) is 0 Å². The zero-order valence-corrected chi connectivity index (χ0v) is 13.3. The van der Waals surface area contributed by atoms with Crippen LogP contribution in [-0.2, 0) is 4.79 Å². The molecular weight excluding hydrogens is 290 g/mol. The number of hydrogen-bond acceptors (Lipinski definition) is 6. The van der Waals surface area contributed by atoms with E-state index in [-0.39, 0.29) is 16.7 Å². The summed E-state index contributed by atoms with van der Waals surface area (Å²) >= 11 is 1.25. The van der Waals surface area contributed by atoms with Crippen molar-refractivity contribution in [3.05, 3.63) is 18.4 Å². The van der Waals surface area contributed by atoms with Crippen LogP contribution >= 0.6 is 11.8 Å². The highest BCUT2D eigenvalue weighted by Crippen LogP contribution is 2.25. The lowest BCUT2D eigenvalue weighted by molar-refractivity contribution is -0.121. The van der Waals surface area contributed by atoms with Crippen molar-refractivity contribution in [1.29, 1.82) is 0 Å². The van der Waals surface area contributed by atoms with Gasteiger partial charge in [0.25, 0.3) is 0 Å². The average molecular weight is 309 g/mol. The number of carbonyl (C=O) groups excluding carboxylic acids is 1. The average Bonchev–Trinajstić information content (AvgIpc) is 2.98. The van der Waals surface area contributed by atoms with Crippen LogP contribution in [0.15, 0.2) is 28.0 Å². The topological polar surface area (TPSA) is 99.0 Å². The number of aromatic nitrogens is 3. The van der Waals surface area contributed by atoms with Crippen LogP contribution in [0.4, 0.5) is 0 Å². The molecule has 8 heteroatoms. The van der Waals surface area contributed by atoms with Gasteiger partial charge in [0.2, 0.25) is 16.9 Å². The highest BCUT2D eigenvalue weighted by molar-refractivity contribution is 8.00. The predicted molar refractivity (Wildman–Crippen MR) is 81.1 cm³/mol.